The molecule has 2 saturated heterocycles. The van der Waals surface area contributed by atoms with Crippen molar-refractivity contribution in [2.75, 3.05) is 45.9 Å². The van der Waals surface area contributed by atoms with Crippen LogP contribution in [0.3, 0.4) is 0 Å². The van der Waals surface area contributed by atoms with Crippen LogP contribution in [0.15, 0.2) is 24.3 Å². The van der Waals surface area contributed by atoms with Crippen molar-refractivity contribution in [3.05, 3.63) is 35.4 Å². The molecule has 142 valence electrons. The zero-order chi connectivity index (χ0) is 18.4. The largest absolute Gasteiger partial charge is 0.378 e. The topological polar surface area (TPSA) is 61.9 Å². The van der Waals surface area contributed by atoms with Crippen molar-refractivity contribution >= 4 is 11.8 Å². The summed E-state index contributed by atoms with van der Waals surface area (Å²) < 4.78 is 5.32. The second-order valence-corrected chi connectivity index (χ2v) is 7.27. The third-order valence-corrected chi connectivity index (χ3v) is 5.16. The van der Waals surface area contributed by atoms with E-state index in [1.807, 2.05) is 36.1 Å². The van der Waals surface area contributed by atoms with E-state index in [1.165, 1.54) is 5.56 Å². The Morgan fingerprint density at radius 2 is 1.88 bits per heavy atom. The number of nitrogens with zero attached hydrogens (tertiary/aromatic N) is 2. The molecule has 1 unspecified atom stereocenters. The first-order valence-corrected chi connectivity index (χ1v) is 9.53. The SMILES string of the molecule is Cc1ccc(CNC(=O)CN2CCCC(C(=O)N3CCOCC3)C2)cc1. The normalized spacial score (nSPS) is 21.4. The Morgan fingerprint density at radius 3 is 2.62 bits per heavy atom. The van der Waals surface area contributed by atoms with Crippen LogP contribution in [0.2, 0.25) is 0 Å². The number of likely N-dealkylation sites (tertiary alicyclic amines) is 1. The van der Waals surface area contributed by atoms with E-state index >= 15 is 0 Å². The number of rotatable bonds is 5. The van der Waals surface area contributed by atoms with Crippen LogP contribution in [0, 0.1) is 12.8 Å². The zero-order valence-corrected chi connectivity index (χ0v) is 15.6. The molecule has 2 fully saturated rings. The van der Waals surface area contributed by atoms with Crippen LogP contribution < -0.4 is 5.32 Å². The van der Waals surface area contributed by atoms with Crippen molar-refractivity contribution in [2.24, 2.45) is 5.92 Å². The van der Waals surface area contributed by atoms with Crippen LogP contribution in [0.5, 0.6) is 0 Å². The van der Waals surface area contributed by atoms with Gasteiger partial charge in [-0.2, -0.15) is 0 Å². The molecule has 1 aromatic rings. The molecule has 1 N–H and O–H groups in total. The van der Waals surface area contributed by atoms with Gasteiger partial charge in [0.1, 0.15) is 0 Å². The molecule has 2 amide bonds. The van der Waals surface area contributed by atoms with Crippen LogP contribution in [0.1, 0.15) is 24.0 Å². The summed E-state index contributed by atoms with van der Waals surface area (Å²) >= 11 is 0. The van der Waals surface area contributed by atoms with Gasteiger partial charge in [0.05, 0.1) is 25.7 Å². The first-order valence-electron chi connectivity index (χ1n) is 9.53. The molecule has 0 saturated carbocycles. The maximum atomic E-state index is 12.7. The molecular weight excluding hydrogens is 330 g/mol. The van der Waals surface area contributed by atoms with E-state index in [1.54, 1.807) is 0 Å². The Labute approximate surface area is 155 Å². The lowest BCUT2D eigenvalue weighted by molar-refractivity contribution is -0.142. The molecule has 1 atom stereocenters. The summed E-state index contributed by atoms with van der Waals surface area (Å²) in [5, 5.41) is 2.98. The van der Waals surface area contributed by atoms with Crippen LogP contribution >= 0.6 is 0 Å². The number of benzene rings is 1. The zero-order valence-electron chi connectivity index (χ0n) is 15.6. The minimum Gasteiger partial charge on any atom is -0.378 e. The van der Waals surface area contributed by atoms with Gasteiger partial charge in [0.25, 0.3) is 0 Å². The maximum absolute atomic E-state index is 12.7. The van der Waals surface area contributed by atoms with E-state index in [9.17, 15) is 9.59 Å². The quantitative estimate of drug-likeness (QED) is 0.858. The number of ether oxygens (including phenoxy) is 1. The van der Waals surface area contributed by atoms with Crippen molar-refractivity contribution in [1.82, 2.24) is 15.1 Å². The molecule has 0 aliphatic carbocycles. The highest BCUT2D eigenvalue weighted by Crippen LogP contribution is 2.19. The summed E-state index contributed by atoms with van der Waals surface area (Å²) in [4.78, 5) is 29.0. The predicted molar refractivity (Wildman–Crippen MR) is 99.6 cm³/mol. The van der Waals surface area contributed by atoms with E-state index in [2.05, 4.69) is 10.2 Å². The first kappa shape index (κ1) is 18.9. The third kappa shape index (κ3) is 5.29. The minimum absolute atomic E-state index is 0.00625. The molecule has 3 rings (SSSR count). The van der Waals surface area contributed by atoms with Gasteiger partial charge in [-0.1, -0.05) is 29.8 Å². The molecule has 2 aliphatic heterocycles. The Morgan fingerprint density at radius 1 is 1.15 bits per heavy atom. The van der Waals surface area contributed by atoms with Gasteiger partial charge < -0.3 is 15.0 Å². The van der Waals surface area contributed by atoms with Gasteiger partial charge in [-0.3, -0.25) is 14.5 Å². The van der Waals surface area contributed by atoms with Crippen LogP contribution in [-0.4, -0.2) is 67.6 Å². The second-order valence-electron chi connectivity index (χ2n) is 7.27. The number of aryl methyl sites for hydroxylation is 1. The van der Waals surface area contributed by atoms with Crippen molar-refractivity contribution < 1.29 is 14.3 Å². The maximum Gasteiger partial charge on any atom is 0.234 e. The Kier molecular flexibility index (Phi) is 6.63. The third-order valence-electron chi connectivity index (χ3n) is 5.16. The van der Waals surface area contributed by atoms with Gasteiger partial charge in [0.15, 0.2) is 0 Å². The summed E-state index contributed by atoms with van der Waals surface area (Å²) in [6, 6.07) is 8.17. The van der Waals surface area contributed by atoms with E-state index in [4.69, 9.17) is 4.74 Å². The lowest BCUT2D eigenvalue weighted by Gasteiger charge is -2.35. The van der Waals surface area contributed by atoms with Gasteiger partial charge in [-0.15, -0.1) is 0 Å². The number of amides is 2. The smallest absolute Gasteiger partial charge is 0.234 e. The number of nitrogens with one attached hydrogen (secondary N) is 1. The van der Waals surface area contributed by atoms with Crippen LogP contribution in [0.4, 0.5) is 0 Å². The summed E-state index contributed by atoms with van der Waals surface area (Å²) in [6.07, 6.45) is 1.88. The van der Waals surface area contributed by atoms with Gasteiger partial charge in [0.2, 0.25) is 11.8 Å². The lowest BCUT2D eigenvalue weighted by Crippen LogP contribution is -2.49. The van der Waals surface area contributed by atoms with E-state index in [0.29, 0.717) is 45.9 Å². The Balaban J connectivity index is 1.44. The van der Waals surface area contributed by atoms with E-state index < -0.39 is 0 Å². The van der Waals surface area contributed by atoms with Gasteiger partial charge in [0, 0.05) is 26.2 Å². The number of morpholine rings is 1. The van der Waals surface area contributed by atoms with Crippen molar-refractivity contribution in [2.45, 2.75) is 26.3 Å². The fourth-order valence-electron chi connectivity index (χ4n) is 3.61. The van der Waals surface area contributed by atoms with E-state index in [0.717, 1.165) is 24.9 Å². The van der Waals surface area contributed by atoms with Crippen molar-refractivity contribution in [1.29, 1.82) is 0 Å². The highest BCUT2D eigenvalue weighted by molar-refractivity contribution is 5.80. The molecule has 0 bridgehead atoms. The molecule has 0 radical (unpaired) electrons. The van der Waals surface area contributed by atoms with Gasteiger partial charge >= 0.3 is 0 Å². The van der Waals surface area contributed by atoms with Gasteiger partial charge in [-0.25, -0.2) is 0 Å². The summed E-state index contributed by atoms with van der Waals surface area (Å²) in [5.41, 5.74) is 2.31. The average molecular weight is 359 g/mol. The lowest BCUT2D eigenvalue weighted by atomic mass is 9.96. The minimum atomic E-state index is 0.00625. The van der Waals surface area contributed by atoms with Crippen molar-refractivity contribution in [3.63, 3.8) is 0 Å². The fourth-order valence-corrected chi connectivity index (χ4v) is 3.61. The average Bonchev–Trinajstić information content (AvgIpc) is 2.68. The molecular formula is C20H29N3O3. The number of piperidine rings is 1. The number of hydrogen-bond donors (Lipinski definition) is 1. The first-order chi connectivity index (χ1) is 12.6. The summed E-state index contributed by atoms with van der Waals surface area (Å²) in [7, 11) is 0. The van der Waals surface area contributed by atoms with E-state index in [-0.39, 0.29) is 17.7 Å². The van der Waals surface area contributed by atoms with Crippen LogP contribution in [0.25, 0.3) is 0 Å². The number of hydrogen-bond acceptors (Lipinski definition) is 4. The molecule has 26 heavy (non-hydrogen) atoms. The highest BCUT2D eigenvalue weighted by atomic mass is 16.5. The summed E-state index contributed by atoms with van der Waals surface area (Å²) in [6.45, 7) is 7.14. The Hall–Kier alpha value is -1.92. The molecule has 0 aromatic heterocycles. The standard InChI is InChI=1S/C20H29N3O3/c1-16-4-6-17(7-5-16)13-21-19(24)15-22-8-2-3-18(14-22)20(25)23-9-11-26-12-10-23/h4-7,18H,2-3,8-15H2,1H3,(H,21,24). The summed E-state index contributed by atoms with van der Waals surface area (Å²) in [5.74, 6) is 0.245. The second kappa shape index (κ2) is 9.14. The molecule has 0 spiro atoms. The van der Waals surface area contributed by atoms with Gasteiger partial charge in [-0.05, 0) is 31.9 Å². The molecule has 6 heteroatoms. The molecule has 1 aromatic carbocycles. The van der Waals surface area contributed by atoms with Crippen molar-refractivity contribution in [3.8, 4) is 0 Å². The molecule has 6 nitrogen and oxygen atoms in total. The Bertz CT molecular complexity index is 611. The fraction of sp³-hybridized carbons (Fsp3) is 0.600. The predicted octanol–water partition coefficient (Wildman–Crippen LogP) is 1.18. The molecule has 2 aliphatic rings. The highest BCUT2D eigenvalue weighted by Gasteiger charge is 2.30. The number of carbonyl (C=O) groups excluding carboxylic acids is 2. The molecule has 2 heterocycles. The number of carbonyl (C=O) groups is 2. The monoisotopic (exact) mass is 359 g/mol. The van der Waals surface area contributed by atoms with Crippen LogP contribution in [-0.2, 0) is 20.9 Å².